The molecule has 1 fully saturated rings. The Morgan fingerprint density at radius 3 is 2.65 bits per heavy atom. The van der Waals surface area contributed by atoms with E-state index in [0.717, 1.165) is 65.0 Å². The standard InChI is InChI=1S/C26H32N2O3/c1-17-8-9-24-20(14-17)22(29)15-26(31-24)10-12-28(13-11-26)16-23(30)25-18(2)27(3)21-7-5-4-6-19(21)25/h4-9,14,22-23,29-30H,10-13,15-16H2,1-3H3/t22-,23-/m1/s1. The SMILES string of the molecule is Cc1ccc2c(c1)[C@H](O)CC1(CCN(C[C@@H](O)c3c(C)n(C)c4ccccc34)CC1)O2. The lowest BCUT2D eigenvalue weighted by Gasteiger charge is -2.46. The average Bonchev–Trinajstić information content (AvgIpc) is 3.01. The van der Waals surface area contributed by atoms with E-state index in [1.54, 1.807) is 0 Å². The van der Waals surface area contributed by atoms with Gasteiger partial charge in [-0.1, -0.05) is 29.8 Å². The summed E-state index contributed by atoms with van der Waals surface area (Å²) in [7, 11) is 2.06. The van der Waals surface area contributed by atoms with Crippen molar-refractivity contribution in [1.82, 2.24) is 9.47 Å². The van der Waals surface area contributed by atoms with Crippen molar-refractivity contribution in [2.75, 3.05) is 19.6 Å². The predicted octanol–water partition coefficient (Wildman–Crippen LogP) is 4.18. The monoisotopic (exact) mass is 420 g/mol. The third-order valence-corrected chi connectivity index (χ3v) is 7.40. The summed E-state index contributed by atoms with van der Waals surface area (Å²) in [6.45, 7) is 6.45. The van der Waals surface area contributed by atoms with E-state index < -0.39 is 12.2 Å². The molecule has 0 saturated carbocycles. The number of rotatable bonds is 3. The van der Waals surface area contributed by atoms with Gasteiger partial charge < -0.3 is 24.4 Å². The lowest BCUT2D eigenvalue weighted by atomic mass is 9.81. The largest absolute Gasteiger partial charge is 0.487 e. The van der Waals surface area contributed by atoms with Gasteiger partial charge in [-0.15, -0.1) is 0 Å². The van der Waals surface area contributed by atoms with Crippen molar-refractivity contribution >= 4 is 10.9 Å². The van der Waals surface area contributed by atoms with Crippen molar-refractivity contribution in [3.63, 3.8) is 0 Å². The molecule has 2 aromatic carbocycles. The smallest absolute Gasteiger partial charge is 0.125 e. The van der Waals surface area contributed by atoms with Crippen molar-refractivity contribution < 1.29 is 14.9 Å². The molecule has 1 saturated heterocycles. The Kier molecular flexibility index (Phi) is 5.08. The molecule has 5 heteroatoms. The molecule has 3 aromatic rings. The number of aliphatic hydroxyl groups is 2. The summed E-state index contributed by atoms with van der Waals surface area (Å²) >= 11 is 0. The van der Waals surface area contributed by atoms with Gasteiger partial charge in [0.05, 0.1) is 12.2 Å². The van der Waals surface area contributed by atoms with Crippen LogP contribution in [0.1, 0.15) is 53.9 Å². The van der Waals surface area contributed by atoms with Crippen LogP contribution in [0.5, 0.6) is 5.75 Å². The second-order valence-corrected chi connectivity index (χ2v) is 9.44. The maximum atomic E-state index is 11.1. The summed E-state index contributed by atoms with van der Waals surface area (Å²) < 4.78 is 8.61. The maximum Gasteiger partial charge on any atom is 0.125 e. The van der Waals surface area contributed by atoms with Gasteiger partial charge in [0.2, 0.25) is 0 Å². The number of nitrogens with zero attached hydrogens (tertiary/aromatic N) is 2. The minimum atomic E-state index is -0.526. The van der Waals surface area contributed by atoms with Crippen LogP contribution in [0.15, 0.2) is 42.5 Å². The van der Waals surface area contributed by atoms with Crippen LogP contribution in [-0.4, -0.2) is 44.9 Å². The molecular weight excluding hydrogens is 388 g/mol. The Morgan fingerprint density at radius 1 is 1.13 bits per heavy atom. The van der Waals surface area contributed by atoms with Gasteiger partial charge in [-0.3, -0.25) is 0 Å². The van der Waals surface area contributed by atoms with Gasteiger partial charge in [-0.05, 0) is 44.9 Å². The molecule has 0 radical (unpaired) electrons. The number of benzene rings is 2. The molecule has 164 valence electrons. The highest BCUT2D eigenvalue weighted by atomic mass is 16.5. The van der Waals surface area contributed by atoms with Crippen LogP contribution in [0, 0.1) is 13.8 Å². The molecule has 1 spiro atoms. The second kappa shape index (κ2) is 7.66. The van der Waals surface area contributed by atoms with E-state index >= 15 is 0 Å². The number of likely N-dealkylation sites (tertiary alicyclic amines) is 1. The van der Waals surface area contributed by atoms with Crippen molar-refractivity contribution in [2.45, 2.75) is 50.9 Å². The molecule has 2 N–H and O–H groups in total. The van der Waals surface area contributed by atoms with E-state index in [2.05, 4.69) is 35.6 Å². The van der Waals surface area contributed by atoms with Crippen LogP contribution in [0.25, 0.3) is 10.9 Å². The Labute approximate surface area is 183 Å². The summed E-state index contributed by atoms with van der Waals surface area (Å²) in [6, 6.07) is 14.4. The van der Waals surface area contributed by atoms with Gasteiger partial charge in [0.25, 0.3) is 0 Å². The van der Waals surface area contributed by atoms with Crippen molar-refractivity contribution in [3.8, 4) is 5.75 Å². The Balaban J connectivity index is 1.29. The number of aryl methyl sites for hydroxylation is 2. The first-order chi connectivity index (χ1) is 14.9. The minimum absolute atomic E-state index is 0.307. The van der Waals surface area contributed by atoms with Gasteiger partial charge in [0.1, 0.15) is 11.4 Å². The molecule has 0 unspecified atom stereocenters. The molecule has 2 aliphatic heterocycles. The zero-order valence-corrected chi connectivity index (χ0v) is 18.6. The van der Waals surface area contributed by atoms with Crippen LogP contribution in [0.4, 0.5) is 0 Å². The molecule has 1 aromatic heterocycles. The normalized spacial score (nSPS) is 21.8. The van der Waals surface area contributed by atoms with Gasteiger partial charge in [0, 0.05) is 60.8 Å². The van der Waals surface area contributed by atoms with E-state index in [-0.39, 0.29) is 5.60 Å². The number of aromatic nitrogens is 1. The molecule has 5 rings (SSSR count). The number of aliphatic hydroxyl groups excluding tert-OH is 2. The summed E-state index contributed by atoms with van der Waals surface area (Å²) in [6.07, 6.45) is 1.36. The molecule has 3 heterocycles. The lowest BCUT2D eigenvalue weighted by Crippen LogP contribution is -2.51. The number of hydrogen-bond acceptors (Lipinski definition) is 4. The second-order valence-electron chi connectivity index (χ2n) is 9.44. The van der Waals surface area contributed by atoms with Crippen molar-refractivity contribution in [1.29, 1.82) is 0 Å². The van der Waals surface area contributed by atoms with Crippen LogP contribution < -0.4 is 4.74 Å². The fourth-order valence-electron chi connectivity index (χ4n) is 5.51. The van der Waals surface area contributed by atoms with E-state index in [4.69, 9.17) is 4.74 Å². The van der Waals surface area contributed by atoms with Gasteiger partial charge in [-0.25, -0.2) is 0 Å². The molecular formula is C26H32N2O3. The highest BCUT2D eigenvalue weighted by Gasteiger charge is 2.43. The van der Waals surface area contributed by atoms with Gasteiger partial charge >= 0.3 is 0 Å². The van der Waals surface area contributed by atoms with Gasteiger partial charge in [0.15, 0.2) is 0 Å². The fraction of sp³-hybridized carbons (Fsp3) is 0.462. The summed E-state index contributed by atoms with van der Waals surface area (Å²) in [5.74, 6) is 0.823. The fourth-order valence-corrected chi connectivity index (χ4v) is 5.51. The molecule has 0 amide bonds. The summed E-state index contributed by atoms with van der Waals surface area (Å²) in [5.41, 5.74) is 5.06. The number of piperidine rings is 1. The van der Waals surface area contributed by atoms with Crippen LogP contribution >= 0.6 is 0 Å². The first-order valence-corrected chi connectivity index (χ1v) is 11.3. The Morgan fingerprint density at radius 2 is 1.87 bits per heavy atom. The molecule has 2 aliphatic rings. The summed E-state index contributed by atoms with van der Waals surface area (Å²) in [4.78, 5) is 2.33. The van der Waals surface area contributed by atoms with Crippen LogP contribution in [0.2, 0.25) is 0 Å². The minimum Gasteiger partial charge on any atom is -0.487 e. The first kappa shape index (κ1) is 20.6. The number of ether oxygens (including phenoxy) is 1. The topological polar surface area (TPSA) is 57.9 Å². The number of hydrogen-bond donors (Lipinski definition) is 2. The third-order valence-electron chi connectivity index (χ3n) is 7.40. The zero-order chi connectivity index (χ0) is 21.8. The van der Waals surface area contributed by atoms with Gasteiger partial charge in [-0.2, -0.15) is 0 Å². The molecule has 2 atom stereocenters. The molecule has 5 nitrogen and oxygen atoms in total. The number of para-hydroxylation sites is 1. The maximum absolute atomic E-state index is 11.1. The van der Waals surface area contributed by atoms with E-state index in [1.807, 2.05) is 37.3 Å². The highest BCUT2D eigenvalue weighted by molar-refractivity contribution is 5.85. The lowest BCUT2D eigenvalue weighted by molar-refractivity contribution is -0.0587. The Hall–Kier alpha value is -2.34. The van der Waals surface area contributed by atoms with E-state index in [9.17, 15) is 10.2 Å². The first-order valence-electron chi connectivity index (χ1n) is 11.3. The summed E-state index contributed by atoms with van der Waals surface area (Å²) in [5, 5.41) is 23.0. The van der Waals surface area contributed by atoms with E-state index in [0.29, 0.717) is 13.0 Å². The highest BCUT2D eigenvalue weighted by Crippen LogP contribution is 2.44. The zero-order valence-electron chi connectivity index (χ0n) is 18.6. The molecule has 0 aliphatic carbocycles. The Bertz CT molecular complexity index is 1110. The quantitative estimate of drug-likeness (QED) is 0.667. The van der Waals surface area contributed by atoms with Crippen LogP contribution in [-0.2, 0) is 7.05 Å². The number of β-amino-alcohol motifs (C(OH)–C–C–N with tert-alkyl or cyclic N) is 1. The molecule has 31 heavy (non-hydrogen) atoms. The third kappa shape index (κ3) is 3.55. The van der Waals surface area contributed by atoms with E-state index in [1.165, 1.54) is 0 Å². The number of fused-ring (bicyclic) bond motifs is 2. The van der Waals surface area contributed by atoms with Crippen molar-refractivity contribution in [2.24, 2.45) is 7.05 Å². The van der Waals surface area contributed by atoms with Crippen LogP contribution in [0.3, 0.4) is 0 Å². The average molecular weight is 421 g/mol. The molecule has 0 bridgehead atoms. The van der Waals surface area contributed by atoms with Crippen molar-refractivity contribution in [3.05, 3.63) is 64.8 Å². The predicted molar refractivity (Wildman–Crippen MR) is 122 cm³/mol.